The molecule has 1 aromatic rings. The van der Waals surface area contributed by atoms with Crippen LogP contribution < -0.4 is 14.8 Å². The Kier molecular flexibility index (Phi) is 5.06. The molecule has 0 aliphatic heterocycles. The summed E-state index contributed by atoms with van der Waals surface area (Å²) in [6.45, 7) is 4.57. The highest BCUT2D eigenvalue weighted by atomic mass is 79.9. The number of hydrogen-bond acceptors (Lipinski definition) is 3. The Morgan fingerprint density at radius 3 is 2.33 bits per heavy atom. The van der Waals surface area contributed by atoms with E-state index in [4.69, 9.17) is 15.9 Å². The lowest BCUT2D eigenvalue weighted by atomic mass is 10.1. The first-order valence-electron chi connectivity index (χ1n) is 5.56. The average Bonchev–Trinajstić information content (AvgIpc) is 2.36. The van der Waals surface area contributed by atoms with Crippen molar-refractivity contribution in [2.45, 2.75) is 25.9 Å². The predicted molar refractivity (Wildman–Crippen MR) is 77.0 cm³/mol. The lowest BCUT2D eigenvalue weighted by Gasteiger charge is -2.20. The molecule has 0 bridgehead atoms. The van der Waals surface area contributed by atoms with Crippen LogP contribution in [0.15, 0.2) is 16.6 Å². The fraction of sp³-hybridized carbons (Fsp3) is 0.429. The van der Waals surface area contributed by atoms with Crippen LogP contribution in [-0.2, 0) is 6.54 Å². The number of benzene rings is 1. The number of methoxy groups -OCH3 is 2. The SMILES string of the molecule is C#CC(C)(C)NCc1cc(OC)c(OC)cc1Br. The van der Waals surface area contributed by atoms with Gasteiger partial charge in [-0.1, -0.05) is 21.9 Å². The summed E-state index contributed by atoms with van der Waals surface area (Å²) >= 11 is 3.51. The Balaban J connectivity index is 2.94. The second-order valence-electron chi connectivity index (χ2n) is 4.42. The Bertz CT molecular complexity index is 464. The van der Waals surface area contributed by atoms with E-state index in [-0.39, 0.29) is 5.54 Å². The van der Waals surface area contributed by atoms with Crippen molar-refractivity contribution < 1.29 is 9.47 Å². The first kappa shape index (κ1) is 14.9. The Morgan fingerprint density at radius 1 is 1.28 bits per heavy atom. The fourth-order valence-corrected chi connectivity index (χ4v) is 1.86. The highest BCUT2D eigenvalue weighted by Crippen LogP contribution is 2.33. The second-order valence-corrected chi connectivity index (χ2v) is 5.28. The van der Waals surface area contributed by atoms with Gasteiger partial charge in [-0.3, -0.25) is 5.32 Å². The lowest BCUT2D eigenvalue weighted by Crippen LogP contribution is -2.37. The number of ether oxygens (including phenoxy) is 2. The summed E-state index contributed by atoms with van der Waals surface area (Å²) in [5.41, 5.74) is 0.725. The monoisotopic (exact) mass is 311 g/mol. The van der Waals surface area contributed by atoms with Crippen LogP contribution >= 0.6 is 15.9 Å². The van der Waals surface area contributed by atoms with E-state index in [9.17, 15) is 0 Å². The smallest absolute Gasteiger partial charge is 0.161 e. The van der Waals surface area contributed by atoms with Gasteiger partial charge in [-0.25, -0.2) is 0 Å². The number of terminal acetylenes is 1. The van der Waals surface area contributed by atoms with E-state index in [1.165, 1.54) is 0 Å². The van der Waals surface area contributed by atoms with E-state index >= 15 is 0 Å². The molecule has 0 radical (unpaired) electrons. The van der Waals surface area contributed by atoms with E-state index in [1.54, 1.807) is 14.2 Å². The maximum absolute atomic E-state index is 5.44. The largest absolute Gasteiger partial charge is 0.493 e. The van der Waals surface area contributed by atoms with E-state index in [0.29, 0.717) is 18.0 Å². The molecule has 0 aromatic heterocycles. The highest BCUT2D eigenvalue weighted by Gasteiger charge is 2.15. The Hall–Kier alpha value is -1.18. The molecular formula is C14H18BrNO2. The molecule has 0 aliphatic rings. The Labute approximate surface area is 117 Å². The standard InChI is InChI=1S/C14H18BrNO2/c1-6-14(2,3)16-9-10-7-12(17-4)13(18-5)8-11(10)15/h1,7-8,16H,9H2,2-5H3. The molecular weight excluding hydrogens is 294 g/mol. The van der Waals surface area contributed by atoms with Gasteiger partial charge in [-0.15, -0.1) is 6.42 Å². The van der Waals surface area contributed by atoms with Crippen LogP contribution in [0.5, 0.6) is 11.5 Å². The summed E-state index contributed by atoms with van der Waals surface area (Å²) < 4.78 is 11.5. The van der Waals surface area contributed by atoms with Gasteiger partial charge < -0.3 is 9.47 Å². The molecule has 1 N–H and O–H groups in total. The molecule has 0 heterocycles. The third-order valence-corrected chi connectivity index (χ3v) is 3.37. The van der Waals surface area contributed by atoms with Gasteiger partial charge in [0.1, 0.15) is 0 Å². The topological polar surface area (TPSA) is 30.5 Å². The molecule has 0 spiro atoms. The van der Waals surface area contributed by atoms with Crippen molar-refractivity contribution in [2.24, 2.45) is 0 Å². The van der Waals surface area contributed by atoms with Crippen molar-refractivity contribution in [1.82, 2.24) is 5.32 Å². The lowest BCUT2D eigenvalue weighted by molar-refractivity contribution is 0.354. The van der Waals surface area contributed by atoms with Crippen LogP contribution in [0.4, 0.5) is 0 Å². The van der Waals surface area contributed by atoms with Crippen molar-refractivity contribution in [3.63, 3.8) is 0 Å². The number of nitrogens with one attached hydrogen (secondary N) is 1. The first-order valence-corrected chi connectivity index (χ1v) is 6.36. The summed E-state index contributed by atoms with van der Waals surface area (Å²) in [7, 11) is 3.23. The van der Waals surface area contributed by atoms with Crippen molar-refractivity contribution in [3.05, 3.63) is 22.2 Å². The second kappa shape index (κ2) is 6.12. The fourth-order valence-electron chi connectivity index (χ4n) is 1.40. The molecule has 3 nitrogen and oxygen atoms in total. The predicted octanol–water partition coefficient (Wildman–Crippen LogP) is 2.97. The number of hydrogen-bond donors (Lipinski definition) is 1. The van der Waals surface area contributed by atoms with E-state index in [1.807, 2.05) is 26.0 Å². The minimum absolute atomic E-state index is 0.341. The van der Waals surface area contributed by atoms with Gasteiger partial charge in [-0.05, 0) is 31.5 Å². The van der Waals surface area contributed by atoms with Gasteiger partial charge in [0.25, 0.3) is 0 Å². The Morgan fingerprint density at radius 2 is 1.83 bits per heavy atom. The molecule has 1 aromatic carbocycles. The zero-order chi connectivity index (χ0) is 13.8. The third-order valence-electron chi connectivity index (χ3n) is 2.63. The summed E-state index contributed by atoms with van der Waals surface area (Å²) in [5, 5.41) is 3.29. The van der Waals surface area contributed by atoms with Gasteiger partial charge >= 0.3 is 0 Å². The highest BCUT2D eigenvalue weighted by molar-refractivity contribution is 9.10. The molecule has 0 unspecified atom stereocenters. The first-order chi connectivity index (χ1) is 8.43. The quantitative estimate of drug-likeness (QED) is 0.848. The van der Waals surface area contributed by atoms with Crippen LogP contribution in [0.3, 0.4) is 0 Å². The van der Waals surface area contributed by atoms with Crippen molar-refractivity contribution in [1.29, 1.82) is 0 Å². The molecule has 4 heteroatoms. The van der Waals surface area contributed by atoms with Gasteiger partial charge in [0.05, 0.1) is 19.8 Å². The zero-order valence-corrected chi connectivity index (χ0v) is 12.7. The molecule has 0 fully saturated rings. The molecule has 0 aliphatic carbocycles. The van der Waals surface area contributed by atoms with Gasteiger partial charge in [-0.2, -0.15) is 0 Å². The van der Waals surface area contributed by atoms with Crippen molar-refractivity contribution in [3.8, 4) is 23.8 Å². The van der Waals surface area contributed by atoms with Crippen LogP contribution in [0, 0.1) is 12.3 Å². The van der Waals surface area contributed by atoms with Crippen molar-refractivity contribution >= 4 is 15.9 Å². The zero-order valence-electron chi connectivity index (χ0n) is 11.1. The third kappa shape index (κ3) is 3.66. The molecule has 98 valence electrons. The summed E-state index contributed by atoms with van der Waals surface area (Å²) in [6, 6.07) is 3.82. The van der Waals surface area contributed by atoms with Crippen LogP contribution in [0.1, 0.15) is 19.4 Å². The van der Waals surface area contributed by atoms with Crippen LogP contribution in [-0.4, -0.2) is 19.8 Å². The van der Waals surface area contributed by atoms with Crippen molar-refractivity contribution in [2.75, 3.05) is 14.2 Å². The normalized spacial score (nSPS) is 10.9. The maximum atomic E-state index is 5.44. The van der Waals surface area contributed by atoms with E-state index < -0.39 is 0 Å². The van der Waals surface area contributed by atoms with E-state index in [0.717, 1.165) is 10.0 Å². The maximum Gasteiger partial charge on any atom is 0.161 e. The summed E-state index contributed by atoms with van der Waals surface area (Å²) in [4.78, 5) is 0. The van der Waals surface area contributed by atoms with Gasteiger partial charge in [0.2, 0.25) is 0 Å². The van der Waals surface area contributed by atoms with Gasteiger partial charge in [0.15, 0.2) is 11.5 Å². The van der Waals surface area contributed by atoms with Gasteiger partial charge in [0, 0.05) is 11.0 Å². The molecule has 0 atom stereocenters. The summed E-state index contributed by atoms with van der Waals surface area (Å²) in [5.74, 6) is 4.10. The molecule has 0 saturated heterocycles. The number of rotatable bonds is 5. The van der Waals surface area contributed by atoms with Crippen LogP contribution in [0.2, 0.25) is 0 Å². The van der Waals surface area contributed by atoms with E-state index in [2.05, 4.69) is 27.2 Å². The molecule has 1 rings (SSSR count). The van der Waals surface area contributed by atoms with Crippen LogP contribution in [0.25, 0.3) is 0 Å². The molecule has 0 amide bonds. The molecule has 18 heavy (non-hydrogen) atoms. The molecule has 0 saturated carbocycles. The number of halogens is 1. The summed E-state index contributed by atoms with van der Waals surface area (Å²) in [6.07, 6.45) is 5.44. The minimum Gasteiger partial charge on any atom is -0.493 e. The average molecular weight is 312 g/mol. The minimum atomic E-state index is -0.341.